The van der Waals surface area contributed by atoms with E-state index in [-0.39, 0.29) is 11.1 Å². The molecule has 0 aromatic carbocycles. The van der Waals surface area contributed by atoms with Crippen LogP contribution in [-0.4, -0.2) is 27.6 Å². The third kappa shape index (κ3) is 4.71. The first-order valence-electron chi connectivity index (χ1n) is 9.25. The molecule has 1 aliphatic carbocycles. The molecule has 0 saturated carbocycles. The lowest BCUT2D eigenvalue weighted by Crippen LogP contribution is -2.42. The van der Waals surface area contributed by atoms with Gasteiger partial charge in [0, 0.05) is 12.2 Å². The van der Waals surface area contributed by atoms with Crippen LogP contribution in [0, 0.1) is 0 Å². The predicted octanol–water partition coefficient (Wildman–Crippen LogP) is 2.51. The number of pyridine rings is 1. The molecule has 0 spiro atoms. The van der Waals surface area contributed by atoms with Crippen molar-refractivity contribution in [2.75, 3.05) is 0 Å². The molecule has 0 radical (unpaired) electrons. The maximum Gasteiger partial charge on any atom is 0.325 e. The van der Waals surface area contributed by atoms with Gasteiger partial charge in [0.2, 0.25) is 0 Å². The fraction of sp³-hybridized carbons (Fsp3) is 0.632. The van der Waals surface area contributed by atoms with Gasteiger partial charge in [-0.15, -0.1) is 0 Å². The quantitative estimate of drug-likeness (QED) is 0.827. The van der Waals surface area contributed by atoms with Gasteiger partial charge in [0.1, 0.15) is 11.6 Å². The highest BCUT2D eigenvalue weighted by Crippen LogP contribution is 2.20. The predicted molar refractivity (Wildman–Crippen MR) is 96.1 cm³/mol. The maximum absolute atomic E-state index is 12.9. The molecule has 2 N–H and O–H groups in total. The molecule has 1 amide bonds. The maximum atomic E-state index is 12.9. The van der Waals surface area contributed by atoms with E-state index in [1.54, 1.807) is 10.6 Å². The van der Waals surface area contributed by atoms with Crippen molar-refractivity contribution in [1.82, 2.24) is 9.88 Å². The van der Waals surface area contributed by atoms with Gasteiger partial charge in [-0.2, -0.15) is 0 Å². The van der Waals surface area contributed by atoms with Crippen LogP contribution in [0.1, 0.15) is 74.0 Å². The van der Waals surface area contributed by atoms with Crippen LogP contribution in [-0.2, 0) is 24.2 Å². The highest BCUT2D eigenvalue weighted by molar-refractivity contribution is 5.96. The molecule has 2 rings (SSSR count). The van der Waals surface area contributed by atoms with Crippen molar-refractivity contribution in [2.24, 2.45) is 0 Å². The number of carboxylic acids is 1. The molecule has 6 heteroatoms. The van der Waals surface area contributed by atoms with E-state index in [1.807, 2.05) is 0 Å². The summed E-state index contributed by atoms with van der Waals surface area (Å²) in [4.78, 5) is 36.3. The summed E-state index contributed by atoms with van der Waals surface area (Å²) in [6.45, 7) is 4.07. The summed E-state index contributed by atoms with van der Waals surface area (Å²) in [6, 6.07) is 0.660. The van der Waals surface area contributed by atoms with Crippen LogP contribution in [0.5, 0.6) is 0 Å². The van der Waals surface area contributed by atoms with Gasteiger partial charge < -0.3 is 15.0 Å². The Morgan fingerprint density at radius 2 is 1.92 bits per heavy atom. The van der Waals surface area contributed by atoms with Gasteiger partial charge in [-0.1, -0.05) is 26.2 Å². The van der Waals surface area contributed by atoms with Crippen molar-refractivity contribution < 1.29 is 14.7 Å². The number of rotatable bonds is 6. The van der Waals surface area contributed by atoms with Crippen LogP contribution in [0.3, 0.4) is 0 Å². The third-order valence-corrected chi connectivity index (χ3v) is 4.80. The SMILES string of the molecule is CCCCn1c2c(cc(C(=O)NC(C)C(=O)O)c1=O)CCCCCC2. The number of unbranched alkanes of at least 4 members (excludes halogenated alkanes) is 1. The zero-order chi connectivity index (χ0) is 18.4. The molecule has 0 aliphatic heterocycles. The molecule has 1 heterocycles. The smallest absolute Gasteiger partial charge is 0.325 e. The number of fused-ring (bicyclic) bond motifs is 1. The Morgan fingerprint density at radius 1 is 1.24 bits per heavy atom. The lowest BCUT2D eigenvalue weighted by Gasteiger charge is -2.21. The minimum atomic E-state index is -1.12. The largest absolute Gasteiger partial charge is 0.480 e. The van der Waals surface area contributed by atoms with E-state index in [9.17, 15) is 14.4 Å². The molecule has 138 valence electrons. The Morgan fingerprint density at radius 3 is 2.56 bits per heavy atom. The summed E-state index contributed by atoms with van der Waals surface area (Å²) in [5, 5.41) is 11.4. The molecular weight excluding hydrogens is 320 g/mol. The second-order valence-corrected chi connectivity index (χ2v) is 6.79. The van der Waals surface area contributed by atoms with E-state index in [4.69, 9.17) is 5.11 Å². The van der Waals surface area contributed by atoms with Gasteiger partial charge in [0.25, 0.3) is 11.5 Å². The molecule has 1 unspecified atom stereocenters. The molecule has 0 bridgehead atoms. The Bertz CT molecular complexity index is 693. The summed E-state index contributed by atoms with van der Waals surface area (Å²) < 4.78 is 1.75. The number of carbonyl (C=O) groups excluding carboxylic acids is 1. The van der Waals surface area contributed by atoms with E-state index < -0.39 is 17.9 Å². The molecule has 1 atom stereocenters. The number of carboxylic acid groups (broad SMARTS) is 1. The topological polar surface area (TPSA) is 88.4 Å². The van der Waals surface area contributed by atoms with Gasteiger partial charge >= 0.3 is 5.97 Å². The minimum absolute atomic E-state index is 0.0588. The molecule has 1 aromatic heterocycles. The fourth-order valence-corrected chi connectivity index (χ4v) is 3.29. The van der Waals surface area contributed by atoms with Crippen molar-refractivity contribution in [1.29, 1.82) is 0 Å². The highest BCUT2D eigenvalue weighted by Gasteiger charge is 2.22. The normalized spacial score (nSPS) is 15.6. The van der Waals surface area contributed by atoms with E-state index >= 15 is 0 Å². The van der Waals surface area contributed by atoms with Gasteiger partial charge in [-0.05, 0) is 50.7 Å². The zero-order valence-corrected chi connectivity index (χ0v) is 15.1. The highest BCUT2D eigenvalue weighted by atomic mass is 16.4. The Kier molecular flexibility index (Phi) is 6.79. The first-order chi connectivity index (χ1) is 12.0. The van der Waals surface area contributed by atoms with Crippen LogP contribution < -0.4 is 10.9 Å². The number of amides is 1. The average Bonchev–Trinajstić information content (AvgIpc) is 2.54. The number of hydrogen-bond acceptors (Lipinski definition) is 3. The second-order valence-electron chi connectivity index (χ2n) is 6.79. The summed E-state index contributed by atoms with van der Waals surface area (Å²) in [6.07, 6.45) is 7.99. The summed E-state index contributed by atoms with van der Waals surface area (Å²) in [5.74, 6) is -1.72. The number of aryl methyl sites for hydroxylation is 1. The molecular formula is C19H28N2O4. The fourth-order valence-electron chi connectivity index (χ4n) is 3.29. The van der Waals surface area contributed by atoms with E-state index in [0.717, 1.165) is 56.2 Å². The van der Waals surface area contributed by atoms with Crippen molar-refractivity contribution in [3.63, 3.8) is 0 Å². The number of nitrogens with zero attached hydrogens (tertiary/aromatic N) is 1. The third-order valence-electron chi connectivity index (χ3n) is 4.80. The molecule has 1 aromatic rings. The first-order valence-corrected chi connectivity index (χ1v) is 9.25. The van der Waals surface area contributed by atoms with Crippen LogP contribution in [0.4, 0.5) is 0 Å². The lowest BCUT2D eigenvalue weighted by molar-refractivity contribution is -0.138. The number of aromatic nitrogens is 1. The van der Waals surface area contributed by atoms with Gasteiger partial charge in [-0.3, -0.25) is 14.4 Å². The summed E-state index contributed by atoms with van der Waals surface area (Å²) in [5.41, 5.74) is 1.87. The number of aliphatic carboxylic acids is 1. The Hall–Kier alpha value is -2.11. The van der Waals surface area contributed by atoms with Crippen LogP contribution in [0.2, 0.25) is 0 Å². The number of hydrogen-bond donors (Lipinski definition) is 2. The number of carbonyl (C=O) groups is 2. The lowest BCUT2D eigenvalue weighted by atomic mass is 9.95. The van der Waals surface area contributed by atoms with Crippen LogP contribution in [0.15, 0.2) is 10.9 Å². The number of nitrogens with one attached hydrogen (secondary N) is 1. The average molecular weight is 348 g/mol. The van der Waals surface area contributed by atoms with Crippen molar-refractivity contribution >= 4 is 11.9 Å². The first kappa shape index (κ1) is 19.2. The molecule has 0 saturated heterocycles. The van der Waals surface area contributed by atoms with Gasteiger partial charge in [0.05, 0.1) is 0 Å². The van der Waals surface area contributed by atoms with E-state index in [2.05, 4.69) is 12.2 Å². The zero-order valence-electron chi connectivity index (χ0n) is 15.1. The van der Waals surface area contributed by atoms with Crippen LogP contribution in [0.25, 0.3) is 0 Å². The summed E-state index contributed by atoms with van der Waals surface area (Å²) in [7, 11) is 0. The van der Waals surface area contributed by atoms with Gasteiger partial charge in [-0.25, -0.2) is 0 Å². The van der Waals surface area contributed by atoms with Crippen molar-refractivity contribution in [3.05, 3.63) is 33.2 Å². The van der Waals surface area contributed by atoms with E-state index in [1.165, 1.54) is 13.3 Å². The monoisotopic (exact) mass is 348 g/mol. The minimum Gasteiger partial charge on any atom is -0.480 e. The Balaban J connectivity index is 2.45. The molecule has 6 nitrogen and oxygen atoms in total. The van der Waals surface area contributed by atoms with Crippen LogP contribution >= 0.6 is 0 Å². The van der Waals surface area contributed by atoms with E-state index in [0.29, 0.717) is 6.54 Å². The molecule has 25 heavy (non-hydrogen) atoms. The molecule has 0 fully saturated rings. The standard InChI is InChI=1S/C19H28N2O4/c1-3-4-11-21-16-10-8-6-5-7-9-14(16)12-15(18(21)23)17(22)20-13(2)19(24)25/h12-13H,3-11H2,1-2H3,(H,20,22)(H,24,25). The van der Waals surface area contributed by atoms with Crippen molar-refractivity contribution in [2.45, 2.75) is 77.8 Å². The second kappa shape index (κ2) is 8.83. The van der Waals surface area contributed by atoms with Crippen molar-refractivity contribution in [3.8, 4) is 0 Å². The molecule has 1 aliphatic rings. The summed E-state index contributed by atoms with van der Waals surface area (Å²) >= 11 is 0. The Labute approximate surface area is 148 Å². The van der Waals surface area contributed by atoms with Gasteiger partial charge in [0.15, 0.2) is 0 Å².